The van der Waals surface area contributed by atoms with Gasteiger partial charge < -0.3 is 14.4 Å². The fourth-order valence-electron chi connectivity index (χ4n) is 3.23. The van der Waals surface area contributed by atoms with E-state index in [1.165, 1.54) is 30.7 Å². The van der Waals surface area contributed by atoms with E-state index in [4.69, 9.17) is 9.47 Å². The minimum atomic E-state index is -3.53. The zero-order valence-electron chi connectivity index (χ0n) is 15.1. The van der Waals surface area contributed by atoms with Crippen molar-refractivity contribution in [2.24, 2.45) is 0 Å². The Balaban J connectivity index is 1.68. The second-order valence-corrected chi connectivity index (χ2v) is 8.27. The van der Waals surface area contributed by atoms with Crippen LogP contribution in [0.3, 0.4) is 0 Å². The highest BCUT2D eigenvalue weighted by atomic mass is 32.2. The molecule has 0 bridgehead atoms. The van der Waals surface area contributed by atoms with E-state index in [1.54, 1.807) is 16.4 Å². The smallest absolute Gasteiger partial charge is 0.243 e. The van der Waals surface area contributed by atoms with Crippen LogP contribution in [0, 0.1) is 0 Å². The second kappa shape index (κ2) is 8.07. The van der Waals surface area contributed by atoms with Crippen LogP contribution in [0.1, 0.15) is 5.56 Å². The molecule has 1 fully saturated rings. The lowest BCUT2D eigenvalue weighted by atomic mass is 10.2. The average molecular weight is 377 g/mol. The van der Waals surface area contributed by atoms with Gasteiger partial charge in [-0.25, -0.2) is 8.42 Å². The summed E-state index contributed by atoms with van der Waals surface area (Å²) in [5, 5.41) is 0. The molecule has 26 heavy (non-hydrogen) atoms. The van der Waals surface area contributed by atoms with Crippen LogP contribution in [0.15, 0.2) is 53.4 Å². The lowest BCUT2D eigenvalue weighted by Gasteiger charge is -2.31. The van der Waals surface area contributed by atoms with Crippen molar-refractivity contribution in [1.82, 2.24) is 4.31 Å². The normalized spacial score (nSPS) is 16.4. The lowest BCUT2D eigenvalue weighted by Crippen LogP contribution is -3.13. The minimum Gasteiger partial charge on any atom is -0.493 e. The number of methoxy groups -OCH3 is 2. The van der Waals surface area contributed by atoms with Crippen LogP contribution in [0.2, 0.25) is 0 Å². The van der Waals surface area contributed by atoms with Crippen LogP contribution in [0.5, 0.6) is 11.5 Å². The molecule has 1 heterocycles. The molecule has 0 atom stereocenters. The van der Waals surface area contributed by atoms with Gasteiger partial charge in [0.2, 0.25) is 10.0 Å². The van der Waals surface area contributed by atoms with Gasteiger partial charge in [-0.1, -0.05) is 30.3 Å². The van der Waals surface area contributed by atoms with Crippen LogP contribution in [0.25, 0.3) is 0 Å². The molecule has 0 radical (unpaired) electrons. The molecule has 1 aliphatic rings. The molecule has 1 aliphatic heterocycles. The molecule has 0 amide bonds. The van der Waals surface area contributed by atoms with Gasteiger partial charge in [0.1, 0.15) is 6.54 Å². The molecular weight excluding hydrogens is 352 g/mol. The number of nitrogens with one attached hydrogen (secondary N) is 1. The first-order valence-corrected chi connectivity index (χ1v) is 10.1. The van der Waals surface area contributed by atoms with Crippen molar-refractivity contribution >= 4 is 10.0 Å². The summed E-state index contributed by atoms with van der Waals surface area (Å²) in [4.78, 5) is 1.64. The highest BCUT2D eigenvalue weighted by molar-refractivity contribution is 7.89. The average Bonchev–Trinajstić information content (AvgIpc) is 2.68. The first-order valence-electron chi connectivity index (χ1n) is 8.64. The van der Waals surface area contributed by atoms with Crippen LogP contribution in [-0.2, 0) is 16.6 Å². The number of piperazine rings is 1. The summed E-state index contributed by atoms with van der Waals surface area (Å²) < 4.78 is 37.9. The van der Waals surface area contributed by atoms with E-state index in [1.807, 2.05) is 18.2 Å². The van der Waals surface area contributed by atoms with Crippen LogP contribution >= 0.6 is 0 Å². The van der Waals surface area contributed by atoms with Crippen LogP contribution < -0.4 is 14.4 Å². The Hall–Kier alpha value is -2.09. The van der Waals surface area contributed by atoms with Gasteiger partial charge in [-0.2, -0.15) is 4.31 Å². The standard InChI is InChI=1S/C19H24N2O4S/c1-24-18-9-8-17(14-19(18)25-2)26(22,23)21-12-10-20(11-13-21)15-16-6-4-3-5-7-16/h3-9,14H,10-13,15H2,1-2H3/p+1. The zero-order chi connectivity index (χ0) is 18.6. The fraction of sp³-hybridized carbons (Fsp3) is 0.368. The molecule has 0 saturated carbocycles. The summed E-state index contributed by atoms with van der Waals surface area (Å²) in [6.07, 6.45) is 0. The molecule has 7 heteroatoms. The van der Waals surface area contributed by atoms with Gasteiger partial charge in [-0.15, -0.1) is 0 Å². The number of hydrogen-bond donors (Lipinski definition) is 1. The molecule has 0 aliphatic carbocycles. The van der Waals surface area contributed by atoms with Crippen molar-refractivity contribution in [3.8, 4) is 11.5 Å². The number of sulfonamides is 1. The maximum atomic E-state index is 12.9. The predicted octanol–water partition coefficient (Wildman–Crippen LogP) is 0.793. The summed E-state index contributed by atoms with van der Waals surface area (Å²) in [5.74, 6) is 0.936. The van der Waals surface area contributed by atoms with E-state index < -0.39 is 10.0 Å². The molecule has 6 nitrogen and oxygen atoms in total. The SMILES string of the molecule is COc1ccc(S(=O)(=O)N2CC[NH+](Cc3ccccc3)CC2)cc1OC. The molecule has 0 aromatic heterocycles. The monoisotopic (exact) mass is 377 g/mol. The van der Waals surface area contributed by atoms with E-state index >= 15 is 0 Å². The molecule has 2 aromatic carbocycles. The Bertz CT molecular complexity index is 832. The molecule has 1 N–H and O–H groups in total. The minimum absolute atomic E-state index is 0.238. The summed E-state index contributed by atoms with van der Waals surface area (Å²) >= 11 is 0. The van der Waals surface area contributed by atoms with Crippen molar-refractivity contribution < 1.29 is 22.8 Å². The summed E-state index contributed by atoms with van der Waals surface area (Å²) in [6, 6.07) is 15.0. The molecule has 140 valence electrons. The Kier molecular flexibility index (Phi) is 5.80. The molecule has 2 aromatic rings. The van der Waals surface area contributed by atoms with Gasteiger partial charge in [0, 0.05) is 11.6 Å². The fourth-order valence-corrected chi connectivity index (χ4v) is 4.69. The summed E-state index contributed by atoms with van der Waals surface area (Å²) in [5.41, 5.74) is 1.28. The van der Waals surface area contributed by atoms with Crippen molar-refractivity contribution in [1.29, 1.82) is 0 Å². The predicted molar refractivity (Wildman–Crippen MR) is 99.1 cm³/mol. The summed E-state index contributed by atoms with van der Waals surface area (Å²) in [6.45, 7) is 3.53. The first-order chi connectivity index (χ1) is 12.5. The van der Waals surface area contributed by atoms with Gasteiger partial charge in [-0.3, -0.25) is 0 Å². The number of rotatable bonds is 6. The number of benzene rings is 2. The molecule has 0 spiro atoms. The first kappa shape index (κ1) is 18.7. The van der Waals surface area contributed by atoms with Crippen molar-refractivity contribution in [3.63, 3.8) is 0 Å². The topological polar surface area (TPSA) is 60.3 Å². The van der Waals surface area contributed by atoms with Crippen LogP contribution in [0.4, 0.5) is 0 Å². The lowest BCUT2D eigenvalue weighted by molar-refractivity contribution is -0.917. The van der Waals surface area contributed by atoms with Gasteiger partial charge >= 0.3 is 0 Å². The zero-order valence-corrected chi connectivity index (χ0v) is 16.0. The van der Waals surface area contributed by atoms with Gasteiger partial charge in [-0.05, 0) is 12.1 Å². The van der Waals surface area contributed by atoms with E-state index in [0.717, 1.165) is 19.6 Å². The van der Waals surface area contributed by atoms with Crippen molar-refractivity contribution in [2.45, 2.75) is 11.4 Å². The highest BCUT2D eigenvalue weighted by Crippen LogP contribution is 2.30. The number of hydrogen-bond acceptors (Lipinski definition) is 4. The Morgan fingerprint density at radius 2 is 1.62 bits per heavy atom. The van der Waals surface area contributed by atoms with Gasteiger partial charge in [0.05, 0.1) is 45.3 Å². The quantitative estimate of drug-likeness (QED) is 0.809. The third-order valence-corrected chi connectivity index (χ3v) is 6.61. The third kappa shape index (κ3) is 4.00. The van der Waals surface area contributed by atoms with E-state index in [9.17, 15) is 8.42 Å². The van der Waals surface area contributed by atoms with E-state index in [-0.39, 0.29) is 4.90 Å². The summed E-state index contributed by atoms with van der Waals surface area (Å²) in [7, 11) is -0.503. The molecule has 1 saturated heterocycles. The van der Waals surface area contributed by atoms with Crippen LogP contribution in [-0.4, -0.2) is 53.1 Å². The van der Waals surface area contributed by atoms with Crippen molar-refractivity contribution in [3.05, 3.63) is 54.1 Å². The largest absolute Gasteiger partial charge is 0.493 e. The second-order valence-electron chi connectivity index (χ2n) is 6.33. The van der Waals surface area contributed by atoms with Gasteiger partial charge in [0.15, 0.2) is 11.5 Å². The van der Waals surface area contributed by atoms with E-state index in [2.05, 4.69) is 12.1 Å². The molecule has 0 unspecified atom stereocenters. The Morgan fingerprint density at radius 1 is 0.962 bits per heavy atom. The van der Waals surface area contributed by atoms with Crippen molar-refractivity contribution in [2.75, 3.05) is 40.4 Å². The molecule has 3 rings (SSSR count). The maximum absolute atomic E-state index is 12.9. The van der Waals surface area contributed by atoms with E-state index in [0.29, 0.717) is 24.6 Å². The Morgan fingerprint density at radius 3 is 2.23 bits per heavy atom. The number of ether oxygens (including phenoxy) is 2. The Labute approximate surface area is 155 Å². The maximum Gasteiger partial charge on any atom is 0.243 e. The highest BCUT2D eigenvalue weighted by Gasteiger charge is 2.31. The molecular formula is C19H25N2O4S+. The van der Waals surface area contributed by atoms with Gasteiger partial charge in [0.25, 0.3) is 0 Å². The number of quaternary nitrogens is 1. The third-order valence-electron chi connectivity index (χ3n) is 4.72. The number of nitrogens with zero attached hydrogens (tertiary/aromatic N) is 1.